The number of aromatic nitrogens is 3. The third-order valence-corrected chi connectivity index (χ3v) is 2.81. The Kier molecular flexibility index (Phi) is 2.62. The van der Waals surface area contributed by atoms with Crippen molar-refractivity contribution in [3.05, 3.63) is 48.2 Å². The average Bonchev–Trinajstić information content (AvgIpc) is 3.06. The van der Waals surface area contributed by atoms with Crippen molar-refractivity contribution in [2.45, 2.75) is 0 Å². The molecule has 0 amide bonds. The maximum Gasteiger partial charge on any atom is 0.274 e. The molecule has 3 rings (SSSR count). The Morgan fingerprint density at radius 3 is 2.74 bits per heavy atom. The van der Waals surface area contributed by atoms with Gasteiger partial charge in [0.25, 0.3) is 5.89 Å². The molecule has 19 heavy (non-hydrogen) atoms. The van der Waals surface area contributed by atoms with Crippen molar-refractivity contribution in [1.29, 1.82) is 5.26 Å². The summed E-state index contributed by atoms with van der Waals surface area (Å²) >= 11 is 0. The summed E-state index contributed by atoms with van der Waals surface area (Å²) in [6.07, 6.45) is 1.72. The van der Waals surface area contributed by atoms with Gasteiger partial charge in [0.1, 0.15) is 11.8 Å². The summed E-state index contributed by atoms with van der Waals surface area (Å²) in [5.74, 6) is 0.943. The van der Waals surface area contributed by atoms with E-state index in [1.54, 1.807) is 16.8 Å². The summed E-state index contributed by atoms with van der Waals surface area (Å²) in [5, 5.41) is 12.8. The third-order valence-electron chi connectivity index (χ3n) is 2.81. The van der Waals surface area contributed by atoms with Crippen LogP contribution in [-0.2, 0) is 7.05 Å². The molecule has 0 aliphatic carbocycles. The van der Waals surface area contributed by atoms with Crippen LogP contribution >= 0.6 is 0 Å². The van der Waals surface area contributed by atoms with E-state index in [1.807, 2.05) is 37.4 Å². The lowest BCUT2D eigenvalue weighted by Crippen LogP contribution is -1.89. The van der Waals surface area contributed by atoms with E-state index in [0.717, 1.165) is 11.3 Å². The molecule has 0 fully saturated rings. The number of benzene rings is 1. The molecule has 5 heteroatoms. The fraction of sp³-hybridized carbons (Fsp3) is 0.0714. The summed E-state index contributed by atoms with van der Waals surface area (Å²) in [7, 11) is 1.84. The van der Waals surface area contributed by atoms with Crippen LogP contribution in [0.2, 0.25) is 0 Å². The van der Waals surface area contributed by atoms with Gasteiger partial charge >= 0.3 is 0 Å². The first-order chi connectivity index (χ1) is 9.28. The second kappa shape index (κ2) is 4.42. The van der Waals surface area contributed by atoms with Crippen molar-refractivity contribution in [1.82, 2.24) is 14.7 Å². The van der Waals surface area contributed by atoms with Gasteiger partial charge in [-0.25, -0.2) is 0 Å². The van der Waals surface area contributed by atoms with Gasteiger partial charge in [-0.05, 0) is 6.07 Å². The minimum absolute atomic E-state index is 0.405. The smallest absolute Gasteiger partial charge is 0.274 e. The maximum absolute atomic E-state index is 8.88. The minimum Gasteiger partial charge on any atom is -0.345 e. The summed E-state index contributed by atoms with van der Waals surface area (Å²) in [6, 6.07) is 13.4. The molecule has 0 spiro atoms. The van der Waals surface area contributed by atoms with Crippen LogP contribution in [0.25, 0.3) is 23.0 Å². The van der Waals surface area contributed by atoms with Crippen molar-refractivity contribution in [2.75, 3.05) is 0 Å². The highest BCUT2D eigenvalue weighted by Gasteiger charge is 2.14. The van der Waals surface area contributed by atoms with E-state index in [2.05, 4.69) is 16.2 Å². The molecule has 0 N–H and O–H groups in total. The van der Waals surface area contributed by atoms with Crippen LogP contribution in [0.4, 0.5) is 0 Å². The highest BCUT2D eigenvalue weighted by Crippen LogP contribution is 2.23. The van der Waals surface area contributed by atoms with Crippen molar-refractivity contribution in [2.24, 2.45) is 7.05 Å². The quantitative estimate of drug-likeness (QED) is 0.701. The van der Waals surface area contributed by atoms with E-state index in [4.69, 9.17) is 9.78 Å². The lowest BCUT2D eigenvalue weighted by molar-refractivity contribution is 0.429. The summed E-state index contributed by atoms with van der Waals surface area (Å²) < 4.78 is 7.04. The Balaban J connectivity index is 2.02. The Labute approximate surface area is 109 Å². The molecule has 0 unspecified atom stereocenters. The molecule has 0 aliphatic rings. The highest BCUT2D eigenvalue weighted by atomic mass is 16.5. The predicted molar refractivity (Wildman–Crippen MR) is 68.9 cm³/mol. The van der Waals surface area contributed by atoms with Crippen molar-refractivity contribution in [3.63, 3.8) is 0 Å². The van der Waals surface area contributed by atoms with Crippen molar-refractivity contribution < 1.29 is 4.52 Å². The molecule has 0 aliphatic heterocycles. The highest BCUT2D eigenvalue weighted by molar-refractivity contribution is 5.59. The van der Waals surface area contributed by atoms with Crippen LogP contribution in [0.3, 0.4) is 0 Å². The second-order valence-electron chi connectivity index (χ2n) is 4.13. The first-order valence-electron chi connectivity index (χ1n) is 5.74. The molecule has 0 atom stereocenters. The van der Waals surface area contributed by atoms with E-state index in [1.165, 1.54) is 0 Å². The Morgan fingerprint density at radius 2 is 2.05 bits per heavy atom. The van der Waals surface area contributed by atoms with Crippen LogP contribution in [0, 0.1) is 11.3 Å². The molecule has 0 radical (unpaired) electrons. The lowest BCUT2D eigenvalue weighted by atomic mass is 10.2. The van der Waals surface area contributed by atoms with Gasteiger partial charge in [0, 0.05) is 18.8 Å². The van der Waals surface area contributed by atoms with Gasteiger partial charge in [0.15, 0.2) is 0 Å². The molecular formula is C14H10N4O. The van der Waals surface area contributed by atoms with Crippen LogP contribution in [0.1, 0.15) is 5.56 Å². The Bertz CT molecular complexity index is 749. The van der Waals surface area contributed by atoms with Crippen molar-refractivity contribution in [3.8, 4) is 29.0 Å². The largest absolute Gasteiger partial charge is 0.345 e. The van der Waals surface area contributed by atoms with Gasteiger partial charge < -0.3 is 9.09 Å². The van der Waals surface area contributed by atoms with Gasteiger partial charge in [-0.2, -0.15) is 10.2 Å². The van der Waals surface area contributed by atoms with Gasteiger partial charge in [-0.15, -0.1) is 0 Å². The first-order valence-corrected chi connectivity index (χ1v) is 5.74. The number of hydrogen-bond acceptors (Lipinski definition) is 4. The molecule has 92 valence electrons. The molecule has 0 bridgehead atoms. The lowest BCUT2D eigenvalue weighted by Gasteiger charge is -1.94. The normalized spacial score (nSPS) is 10.3. The van der Waals surface area contributed by atoms with E-state index in [-0.39, 0.29) is 0 Å². The van der Waals surface area contributed by atoms with Gasteiger partial charge in [-0.3, -0.25) is 0 Å². The van der Waals surface area contributed by atoms with Crippen molar-refractivity contribution >= 4 is 0 Å². The Morgan fingerprint density at radius 1 is 1.26 bits per heavy atom. The van der Waals surface area contributed by atoms with Crippen LogP contribution in [-0.4, -0.2) is 14.7 Å². The fourth-order valence-corrected chi connectivity index (χ4v) is 1.87. The molecule has 2 aromatic heterocycles. The van der Waals surface area contributed by atoms with Crippen LogP contribution < -0.4 is 0 Å². The third kappa shape index (κ3) is 2.00. The Hall–Kier alpha value is -2.87. The van der Waals surface area contributed by atoms with E-state index >= 15 is 0 Å². The van der Waals surface area contributed by atoms with E-state index in [9.17, 15) is 0 Å². The summed E-state index contributed by atoms with van der Waals surface area (Å²) in [6.45, 7) is 0. The van der Waals surface area contributed by atoms with Crippen LogP contribution in [0.5, 0.6) is 0 Å². The number of nitrogens with zero attached hydrogens (tertiary/aromatic N) is 4. The number of hydrogen-bond donors (Lipinski definition) is 0. The number of rotatable bonds is 2. The zero-order chi connectivity index (χ0) is 13.2. The first kappa shape index (κ1) is 11.2. The summed E-state index contributed by atoms with van der Waals surface area (Å²) in [4.78, 5) is 4.35. The molecule has 2 heterocycles. The molecule has 3 aromatic rings. The second-order valence-corrected chi connectivity index (χ2v) is 4.13. The summed E-state index contributed by atoms with van der Waals surface area (Å²) in [5.41, 5.74) is 2.19. The van der Waals surface area contributed by atoms with Gasteiger partial charge in [0.2, 0.25) is 5.82 Å². The maximum atomic E-state index is 8.88. The number of aryl methyl sites for hydroxylation is 1. The standard InChI is InChI=1S/C14H10N4O/c1-18-9-10(8-15)7-12(18)14-16-13(17-19-14)11-5-3-2-4-6-11/h2-7,9H,1H3. The van der Waals surface area contributed by atoms with Crippen LogP contribution in [0.15, 0.2) is 47.1 Å². The molecule has 0 saturated carbocycles. The topological polar surface area (TPSA) is 67.6 Å². The SMILES string of the molecule is Cn1cc(C#N)cc1-c1nc(-c2ccccc2)no1. The monoisotopic (exact) mass is 250 g/mol. The predicted octanol–water partition coefficient (Wildman–Crippen LogP) is 2.61. The molecule has 0 saturated heterocycles. The molecular weight excluding hydrogens is 240 g/mol. The van der Waals surface area contributed by atoms with E-state index in [0.29, 0.717) is 17.3 Å². The average molecular weight is 250 g/mol. The van der Waals surface area contributed by atoms with Gasteiger partial charge in [-0.1, -0.05) is 35.5 Å². The van der Waals surface area contributed by atoms with Gasteiger partial charge in [0.05, 0.1) is 5.56 Å². The zero-order valence-corrected chi connectivity index (χ0v) is 10.2. The molecule has 5 nitrogen and oxygen atoms in total. The molecule has 1 aromatic carbocycles. The van der Waals surface area contributed by atoms with E-state index < -0.39 is 0 Å². The fourth-order valence-electron chi connectivity index (χ4n) is 1.87. The minimum atomic E-state index is 0.405. The zero-order valence-electron chi connectivity index (χ0n) is 10.2. The number of nitriles is 1.